The van der Waals surface area contributed by atoms with Crippen LogP contribution >= 0.6 is 0 Å². The van der Waals surface area contributed by atoms with E-state index >= 15 is 0 Å². The predicted molar refractivity (Wildman–Crippen MR) is 64.6 cm³/mol. The molecular formula is C13H19NO2. The Bertz CT molecular complexity index is 332. The molecule has 0 saturated heterocycles. The number of hydrogen-bond donors (Lipinski definition) is 2. The number of aliphatic carboxylic acids is 1. The van der Waals surface area contributed by atoms with Crippen molar-refractivity contribution in [2.24, 2.45) is 0 Å². The topological polar surface area (TPSA) is 49.3 Å². The third-order valence-electron chi connectivity index (χ3n) is 2.50. The van der Waals surface area contributed by atoms with Crippen LogP contribution in [0.3, 0.4) is 0 Å². The molecule has 16 heavy (non-hydrogen) atoms. The Hall–Kier alpha value is -1.35. The molecule has 88 valence electrons. The molecule has 0 radical (unpaired) electrons. The second-order valence-electron chi connectivity index (χ2n) is 4.03. The van der Waals surface area contributed by atoms with E-state index in [0.29, 0.717) is 6.42 Å². The first-order valence-corrected chi connectivity index (χ1v) is 5.65. The lowest BCUT2D eigenvalue weighted by atomic mass is 10.0. The van der Waals surface area contributed by atoms with Crippen molar-refractivity contribution in [1.82, 2.24) is 5.32 Å². The molecule has 0 fully saturated rings. The van der Waals surface area contributed by atoms with Crippen molar-refractivity contribution in [2.45, 2.75) is 32.7 Å². The quantitative estimate of drug-likeness (QED) is 0.772. The lowest BCUT2D eigenvalue weighted by molar-refractivity contribution is -0.139. The zero-order valence-electron chi connectivity index (χ0n) is 9.86. The van der Waals surface area contributed by atoms with Crippen molar-refractivity contribution in [3.8, 4) is 0 Å². The third-order valence-corrected chi connectivity index (χ3v) is 2.50. The van der Waals surface area contributed by atoms with E-state index in [2.05, 4.69) is 5.32 Å². The fourth-order valence-corrected chi connectivity index (χ4v) is 1.53. The van der Waals surface area contributed by atoms with E-state index in [-0.39, 0.29) is 0 Å². The fourth-order valence-electron chi connectivity index (χ4n) is 1.53. The van der Waals surface area contributed by atoms with Crippen molar-refractivity contribution in [3.63, 3.8) is 0 Å². The molecule has 1 atom stereocenters. The summed E-state index contributed by atoms with van der Waals surface area (Å²) in [5.74, 6) is -0.783. The van der Waals surface area contributed by atoms with Gasteiger partial charge < -0.3 is 10.4 Å². The number of carboxylic acids is 1. The summed E-state index contributed by atoms with van der Waals surface area (Å²) >= 11 is 0. The van der Waals surface area contributed by atoms with E-state index in [1.165, 1.54) is 5.56 Å². The number of rotatable bonds is 6. The Morgan fingerprint density at radius 3 is 2.50 bits per heavy atom. The maximum absolute atomic E-state index is 11.0. The number of hydrogen-bond acceptors (Lipinski definition) is 2. The standard InChI is InChI=1S/C13H19NO2/c1-3-8-14-12(13(15)16)9-11-6-4-10(2)5-7-11/h4-7,12,14H,3,8-9H2,1-2H3,(H,15,16). The van der Waals surface area contributed by atoms with E-state index in [4.69, 9.17) is 5.11 Å². The summed E-state index contributed by atoms with van der Waals surface area (Å²) in [6.07, 6.45) is 1.48. The van der Waals surface area contributed by atoms with E-state index in [0.717, 1.165) is 18.5 Å². The molecule has 3 heteroatoms. The highest BCUT2D eigenvalue weighted by atomic mass is 16.4. The summed E-state index contributed by atoms with van der Waals surface area (Å²) in [6.45, 7) is 4.79. The lowest BCUT2D eigenvalue weighted by Crippen LogP contribution is -2.38. The molecule has 0 bridgehead atoms. The molecule has 3 nitrogen and oxygen atoms in total. The van der Waals surface area contributed by atoms with Gasteiger partial charge in [-0.15, -0.1) is 0 Å². The van der Waals surface area contributed by atoms with E-state index in [9.17, 15) is 4.79 Å². The molecular weight excluding hydrogens is 202 g/mol. The molecule has 0 amide bonds. The molecule has 0 aliphatic carbocycles. The van der Waals surface area contributed by atoms with Gasteiger partial charge in [0.05, 0.1) is 0 Å². The van der Waals surface area contributed by atoms with Crippen LogP contribution in [0.4, 0.5) is 0 Å². The van der Waals surface area contributed by atoms with E-state index in [1.807, 2.05) is 38.1 Å². The average Bonchev–Trinajstić information content (AvgIpc) is 2.26. The Morgan fingerprint density at radius 2 is 2.00 bits per heavy atom. The van der Waals surface area contributed by atoms with Crippen LogP contribution < -0.4 is 5.32 Å². The van der Waals surface area contributed by atoms with Gasteiger partial charge in [0.15, 0.2) is 0 Å². The summed E-state index contributed by atoms with van der Waals surface area (Å²) < 4.78 is 0. The maximum Gasteiger partial charge on any atom is 0.321 e. The summed E-state index contributed by atoms with van der Waals surface area (Å²) in [7, 11) is 0. The van der Waals surface area contributed by atoms with Gasteiger partial charge in [-0.25, -0.2) is 0 Å². The van der Waals surface area contributed by atoms with Crippen molar-refractivity contribution in [1.29, 1.82) is 0 Å². The third kappa shape index (κ3) is 4.03. The van der Waals surface area contributed by atoms with Gasteiger partial charge >= 0.3 is 5.97 Å². The van der Waals surface area contributed by atoms with Crippen LogP contribution in [0.5, 0.6) is 0 Å². The summed E-state index contributed by atoms with van der Waals surface area (Å²) in [4.78, 5) is 11.0. The molecule has 0 heterocycles. The van der Waals surface area contributed by atoms with Crippen molar-refractivity contribution in [2.75, 3.05) is 6.54 Å². The van der Waals surface area contributed by atoms with Gasteiger partial charge in [-0.3, -0.25) is 4.79 Å². The normalized spacial score (nSPS) is 12.4. The predicted octanol–water partition coefficient (Wildman–Crippen LogP) is 1.99. The summed E-state index contributed by atoms with van der Waals surface area (Å²) in [5.41, 5.74) is 2.25. The first-order chi connectivity index (χ1) is 7.63. The fraction of sp³-hybridized carbons (Fsp3) is 0.462. The molecule has 0 spiro atoms. The van der Waals surface area contributed by atoms with Gasteiger partial charge in [0.25, 0.3) is 0 Å². The highest BCUT2D eigenvalue weighted by Gasteiger charge is 2.16. The van der Waals surface area contributed by atoms with Crippen molar-refractivity contribution >= 4 is 5.97 Å². The number of aryl methyl sites for hydroxylation is 1. The molecule has 0 aliphatic heterocycles. The molecule has 2 N–H and O–H groups in total. The van der Waals surface area contributed by atoms with Crippen LogP contribution in [0.25, 0.3) is 0 Å². The molecule has 0 aliphatic rings. The molecule has 1 unspecified atom stereocenters. The minimum Gasteiger partial charge on any atom is -0.480 e. The number of benzene rings is 1. The van der Waals surface area contributed by atoms with Gasteiger partial charge in [-0.05, 0) is 31.9 Å². The highest BCUT2D eigenvalue weighted by Crippen LogP contribution is 2.06. The highest BCUT2D eigenvalue weighted by molar-refractivity contribution is 5.73. The number of carbonyl (C=O) groups is 1. The second kappa shape index (κ2) is 6.28. The zero-order valence-corrected chi connectivity index (χ0v) is 9.86. The van der Waals surface area contributed by atoms with E-state index < -0.39 is 12.0 Å². The SMILES string of the molecule is CCCNC(Cc1ccc(C)cc1)C(=O)O. The largest absolute Gasteiger partial charge is 0.480 e. The Kier molecular flexibility index (Phi) is 4.99. The maximum atomic E-state index is 11.0. The lowest BCUT2D eigenvalue weighted by Gasteiger charge is -2.13. The Labute approximate surface area is 96.5 Å². The van der Waals surface area contributed by atoms with Crippen molar-refractivity contribution in [3.05, 3.63) is 35.4 Å². The van der Waals surface area contributed by atoms with Crippen LogP contribution in [-0.4, -0.2) is 23.7 Å². The van der Waals surface area contributed by atoms with Gasteiger partial charge in [-0.2, -0.15) is 0 Å². The van der Waals surface area contributed by atoms with Crippen LogP contribution in [0, 0.1) is 6.92 Å². The number of nitrogens with one attached hydrogen (secondary N) is 1. The minimum absolute atomic E-state index is 0.484. The zero-order chi connectivity index (χ0) is 12.0. The molecule has 0 saturated carbocycles. The first-order valence-electron chi connectivity index (χ1n) is 5.65. The monoisotopic (exact) mass is 221 g/mol. The van der Waals surface area contributed by atoms with Crippen LogP contribution in [0.2, 0.25) is 0 Å². The van der Waals surface area contributed by atoms with Crippen LogP contribution in [0.1, 0.15) is 24.5 Å². The number of carboxylic acid groups (broad SMARTS) is 1. The minimum atomic E-state index is -0.783. The van der Waals surface area contributed by atoms with Gasteiger partial charge in [0.2, 0.25) is 0 Å². The van der Waals surface area contributed by atoms with Gasteiger partial charge in [-0.1, -0.05) is 36.8 Å². The Morgan fingerprint density at radius 1 is 1.38 bits per heavy atom. The Balaban J connectivity index is 2.60. The van der Waals surface area contributed by atoms with Crippen molar-refractivity contribution < 1.29 is 9.90 Å². The molecule has 1 aromatic carbocycles. The van der Waals surface area contributed by atoms with E-state index in [1.54, 1.807) is 0 Å². The second-order valence-corrected chi connectivity index (χ2v) is 4.03. The summed E-state index contributed by atoms with van der Waals surface area (Å²) in [5, 5.41) is 12.1. The molecule has 1 aromatic rings. The molecule has 0 aromatic heterocycles. The van der Waals surface area contributed by atoms with Crippen LogP contribution in [0.15, 0.2) is 24.3 Å². The first kappa shape index (κ1) is 12.7. The van der Waals surface area contributed by atoms with Gasteiger partial charge in [0.1, 0.15) is 6.04 Å². The smallest absolute Gasteiger partial charge is 0.321 e. The summed E-state index contributed by atoms with van der Waals surface area (Å²) in [6, 6.07) is 7.50. The van der Waals surface area contributed by atoms with Crippen LogP contribution in [-0.2, 0) is 11.2 Å². The average molecular weight is 221 g/mol. The van der Waals surface area contributed by atoms with Gasteiger partial charge in [0, 0.05) is 0 Å². The molecule has 1 rings (SSSR count).